The molecule has 4 amide bonds. The minimum absolute atomic E-state index is 0.308. The van der Waals surface area contributed by atoms with Crippen LogP contribution in [0.5, 0.6) is 0 Å². The summed E-state index contributed by atoms with van der Waals surface area (Å²) in [6, 6.07) is 6.83. The maximum Gasteiger partial charge on any atom is 0.409 e. The van der Waals surface area contributed by atoms with Crippen molar-refractivity contribution in [3.05, 3.63) is 70.8 Å². The first-order valence-corrected chi connectivity index (χ1v) is 15.8. The number of methoxy groups -OCH3 is 4. The number of aromatic amines is 2. The van der Waals surface area contributed by atoms with Crippen LogP contribution in [0.3, 0.4) is 0 Å². The highest BCUT2D eigenvalue weighted by molar-refractivity contribution is 5.85. The fourth-order valence-electron chi connectivity index (χ4n) is 5.76. The second-order valence-electron chi connectivity index (χ2n) is 11.3. The smallest absolute Gasteiger partial charge is 0.409 e. The van der Waals surface area contributed by atoms with Crippen LogP contribution in [0.4, 0.5) is 9.59 Å². The number of carbonyl (C=O) groups excluding carboxylic acids is 4. The predicted octanol–water partition coefficient (Wildman–Crippen LogP) is 1.92. The predicted molar refractivity (Wildman–Crippen MR) is 176 cm³/mol. The van der Waals surface area contributed by atoms with Gasteiger partial charge < -0.3 is 38.7 Å². The Morgan fingerprint density at radius 2 is 1.10 bits per heavy atom. The van der Waals surface area contributed by atoms with E-state index in [1.807, 2.05) is 24.3 Å². The Morgan fingerprint density at radius 1 is 0.700 bits per heavy atom. The van der Waals surface area contributed by atoms with Crippen molar-refractivity contribution in [3.63, 3.8) is 0 Å². The van der Waals surface area contributed by atoms with Gasteiger partial charge in [-0.15, -0.1) is 0 Å². The average molecular weight is 687 g/mol. The number of ether oxygens (including phenoxy) is 4. The second kappa shape index (κ2) is 16.5. The SMILES string of the molecule is COC(=O)N[C@@H](OC)C(=O)N1CCC[C@@H]1c1ncc(C#Cc2ccc(C#Cc3cnc([C@H]4CCCN4C(=O)[C@@H](NC(=O)OC)OC)[nH]3)cc2)[nH]1. The van der Waals surface area contributed by atoms with Crippen LogP contribution in [0.1, 0.15) is 71.9 Å². The molecule has 2 aliphatic rings. The first-order chi connectivity index (χ1) is 24.2. The quantitative estimate of drug-likeness (QED) is 0.201. The van der Waals surface area contributed by atoms with Gasteiger partial charge >= 0.3 is 12.2 Å². The number of benzene rings is 1. The van der Waals surface area contributed by atoms with Crippen LogP contribution in [0.2, 0.25) is 0 Å². The van der Waals surface area contributed by atoms with Crippen molar-refractivity contribution in [1.29, 1.82) is 0 Å². The summed E-state index contributed by atoms with van der Waals surface area (Å²) in [7, 11) is 5.10. The zero-order valence-corrected chi connectivity index (χ0v) is 28.1. The highest BCUT2D eigenvalue weighted by Crippen LogP contribution is 2.32. The number of nitrogens with zero attached hydrogens (tertiary/aromatic N) is 4. The number of nitrogens with one attached hydrogen (secondary N) is 4. The Bertz CT molecular complexity index is 1680. The third kappa shape index (κ3) is 8.41. The summed E-state index contributed by atoms with van der Waals surface area (Å²) in [5.74, 6) is 12.8. The molecule has 50 heavy (non-hydrogen) atoms. The van der Waals surface area contributed by atoms with Crippen LogP contribution >= 0.6 is 0 Å². The molecule has 16 heteroatoms. The molecule has 0 spiro atoms. The van der Waals surface area contributed by atoms with Crippen LogP contribution in [0.25, 0.3) is 0 Å². The lowest BCUT2D eigenvalue weighted by Gasteiger charge is -2.27. The standard InChI is InChI=1S/C34H38N8O8/c1-47-29(39-33(45)49-3)31(43)41-17-5-7-25(41)27-35-19-23(37-27)15-13-21-9-11-22(12-10-21)14-16-24-20-36-28(38-24)26-8-6-18-42(26)32(44)30(48-2)40-34(46)50-4/h9-12,19-20,25-26,29-30H,5-8,17-18H2,1-4H3,(H,35,37)(H,36,38)(H,39,45)(H,40,46)/t25-,26-,29+,30+/m1/s1. The van der Waals surface area contributed by atoms with E-state index in [2.05, 4.69) is 63.7 Å². The highest BCUT2D eigenvalue weighted by atomic mass is 16.6. The number of amides is 4. The van der Waals surface area contributed by atoms with E-state index in [0.29, 0.717) is 49.0 Å². The van der Waals surface area contributed by atoms with Gasteiger partial charge in [-0.3, -0.25) is 20.2 Å². The third-order valence-corrected chi connectivity index (χ3v) is 8.25. The third-order valence-electron chi connectivity index (χ3n) is 8.25. The molecule has 3 aromatic rings. The van der Waals surface area contributed by atoms with Crippen LogP contribution in [0.15, 0.2) is 36.7 Å². The first-order valence-electron chi connectivity index (χ1n) is 15.8. The summed E-state index contributed by atoms with van der Waals surface area (Å²) in [5.41, 5.74) is 2.72. The zero-order chi connectivity index (χ0) is 35.6. The molecule has 2 fully saturated rings. The Balaban J connectivity index is 1.19. The molecule has 4 N–H and O–H groups in total. The molecule has 262 valence electrons. The number of hydrogen-bond donors (Lipinski definition) is 4. The molecule has 2 saturated heterocycles. The number of H-pyrrole nitrogens is 2. The molecule has 4 atom stereocenters. The van der Waals surface area contributed by atoms with E-state index in [1.54, 1.807) is 22.2 Å². The number of alkyl carbamates (subject to hydrolysis) is 2. The van der Waals surface area contributed by atoms with Crippen LogP contribution in [0, 0.1) is 23.7 Å². The van der Waals surface area contributed by atoms with Crippen molar-refractivity contribution in [3.8, 4) is 23.7 Å². The van der Waals surface area contributed by atoms with Gasteiger partial charge in [0.2, 0.25) is 12.5 Å². The number of carbonyl (C=O) groups is 4. The molecule has 0 unspecified atom stereocenters. The monoisotopic (exact) mass is 686 g/mol. The summed E-state index contributed by atoms with van der Waals surface area (Å²) in [5, 5.41) is 4.77. The van der Waals surface area contributed by atoms with E-state index in [4.69, 9.17) is 9.47 Å². The van der Waals surface area contributed by atoms with Gasteiger partial charge in [-0.2, -0.15) is 0 Å². The lowest BCUT2D eigenvalue weighted by molar-refractivity contribution is -0.145. The van der Waals surface area contributed by atoms with Gasteiger partial charge in [-0.1, -0.05) is 11.8 Å². The molecular weight excluding hydrogens is 648 g/mol. The number of rotatable bonds is 8. The molecular formula is C34H38N8O8. The molecule has 0 radical (unpaired) electrons. The first kappa shape index (κ1) is 35.5. The van der Waals surface area contributed by atoms with Crippen LogP contribution in [-0.4, -0.2) is 108 Å². The van der Waals surface area contributed by atoms with Crippen LogP contribution in [-0.2, 0) is 28.5 Å². The van der Waals surface area contributed by atoms with Gasteiger partial charge in [-0.25, -0.2) is 19.6 Å². The zero-order valence-electron chi connectivity index (χ0n) is 28.1. The Labute approximate surface area is 288 Å². The van der Waals surface area contributed by atoms with E-state index in [9.17, 15) is 19.2 Å². The minimum Gasteiger partial charge on any atom is -0.453 e. The van der Waals surface area contributed by atoms with E-state index >= 15 is 0 Å². The second-order valence-corrected chi connectivity index (χ2v) is 11.3. The Morgan fingerprint density at radius 3 is 1.46 bits per heavy atom. The van der Waals surface area contributed by atoms with Crippen molar-refractivity contribution in [2.75, 3.05) is 41.5 Å². The lowest BCUT2D eigenvalue weighted by Crippen LogP contribution is -2.49. The van der Waals surface area contributed by atoms with Crippen LogP contribution < -0.4 is 10.6 Å². The van der Waals surface area contributed by atoms with E-state index in [1.165, 1.54) is 28.4 Å². The molecule has 0 saturated carbocycles. The highest BCUT2D eigenvalue weighted by Gasteiger charge is 2.37. The number of likely N-dealkylation sites (tertiary alicyclic amines) is 2. The topological polar surface area (TPSA) is 193 Å². The number of hydrogen-bond acceptors (Lipinski definition) is 10. The van der Waals surface area contributed by atoms with Crippen molar-refractivity contribution >= 4 is 24.0 Å². The maximum atomic E-state index is 13.1. The summed E-state index contributed by atoms with van der Waals surface area (Å²) < 4.78 is 19.5. The van der Waals surface area contributed by atoms with E-state index in [0.717, 1.165) is 24.0 Å². The molecule has 2 aliphatic heterocycles. The average Bonchev–Trinajstić information content (AvgIpc) is 3.97. The molecule has 0 bridgehead atoms. The lowest BCUT2D eigenvalue weighted by atomic mass is 10.1. The summed E-state index contributed by atoms with van der Waals surface area (Å²) in [6.45, 7) is 0.996. The summed E-state index contributed by atoms with van der Waals surface area (Å²) >= 11 is 0. The molecule has 0 aliphatic carbocycles. The number of imidazole rings is 2. The Kier molecular flexibility index (Phi) is 11.7. The van der Waals surface area contributed by atoms with Gasteiger partial charge in [0.15, 0.2) is 0 Å². The van der Waals surface area contributed by atoms with Gasteiger partial charge in [0, 0.05) is 38.4 Å². The van der Waals surface area contributed by atoms with Gasteiger partial charge in [0.1, 0.15) is 23.0 Å². The van der Waals surface area contributed by atoms with E-state index in [-0.39, 0.29) is 23.9 Å². The fourth-order valence-corrected chi connectivity index (χ4v) is 5.76. The van der Waals surface area contributed by atoms with Gasteiger partial charge in [0.05, 0.1) is 38.7 Å². The number of aromatic nitrogens is 4. The molecule has 5 rings (SSSR count). The molecule has 4 heterocycles. The molecule has 16 nitrogen and oxygen atoms in total. The molecule has 2 aromatic heterocycles. The molecule has 1 aromatic carbocycles. The van der Waals surface area contributed by atoms with Gasteiger partial charge in [-0.05, 0) is 61.8 Å². The largest absolute Gasteiger partial charge is 0.453 e. The fraction of sp³-hybridized carbons (Fsp3) is 0.412. The summed E-state index contributed by atoms with van der Waals surface area (Å²) in [4.78, 5) is 67.9. The Hall–Kier alpha value is -5.84. The van der Waals surface area contributed by atoms with Crippen molar-refractivity contribution in [1.82, 2.24) is 40.4 Å². The van der Waals surface area contributed by atoms with Crippen molar-refractivity contribution in [2.24, 2.45) is 0 Å². The van der Waals surface area contributed by atoms with Gasteiger partial charge in [0.25, 0.3) is 11.8 Å². The summed E-state index contributed by atoms with van der Waals surface area (Å²) in [6.07, 6.45) is 2.33. The van der Waals surface area contributed by atoms with Crippen molar-refractivity contribution < 1.29 is 38.1 Å². The van der Waals surface area contributed by atoms with E-state index < -0.39 is 24.6 Å². The van der Waals surface area contributed by atoms with Crippen molar-refractivity contribution in [2.45, 2.75) is 50.2 Å². The minimum atomic E-state index is -1.17. The normalized spacial score (nSPS) is 17.8. The maximum absolute atomic E-state index is 13.1.